The van der Waals surface area contributed by atoms with Gasteiger partial charge in [0.1, 0.15) is 5.69 Å². The van der Waals surface area contributed by atoms with Crippen molar-refractivity contribution in [2.24, 2.45) is 0 Å². The Morgan fingerprint density at radius 1 is 1.35 bits per heavy atom. The van der Waals surface area contributed by atoms with Crippen molar-refractivity contribution in [3.8, 4) is 0 Å². The smallest absolute Gasteiger partial charge is 0.273 e. The molecule has 0 aliphatic heterocycles. The number of thiazole rings is 1. The number of carbonyl (C=O) groups excluding carboxylic acids is 1. The minimum absolute atomic E-state index is 0.0207. The summed E-state index contributed by atoms with van der Waals surface area (Å²) in [5.41, 5.74) is 3.39. The van der Waals surface area contributed by atoms with Crippen LogP contribution in [0.5, 0.6) is 0 Å². The zero-order chi connectivity index (χ0) is 12.3. The summed E-state index contributed by atoms with van der Waals surface area (Å²) in [7, 11) is 1.80. The summed E-state index contributed by atoms with van der Waals surface area (Å²) in [6.45, 7) is 2.53. The quantitative estimate of drug-likeness (QED) is 0.834. The summed E-state index contributed by atoms with van der Waals surface area (Å²) in [4.78, 5) is 18.9. The standard InChI is InChI=1S/C13H14N2OS/c1-10-12(14-9-17-10)13(16)15(2)8-11-6-4-3-5-7-11/h3-7,9H,8H2,1-2H3. The Morgan fingerprint density at radius 3 is 2.65 bits per heavy atom. The number of nitrogens with zero attached hydrogens (tertiary/aromatic N) is 2. The first-order valence-electron chi connectivity index (χ1n) is 5.38. The van der Waals surface area contributed by atoms with Crippen molar-refractivity contribution in [3.63, 3.8) is 0 Å². The van der Waals surface area contributed by atoms with Crippen LogP contribution in [0.25, 0.3) is 0 Å². The SMILES string of the molecule is Cc1scnc1C(=O)N(C)Cc1ccccc1. The van der Waals surface area contributed by atoms with Crippen LogP contribution in [-0.2, 0) is 6.54 Å². The van der Waals surface area contributed by atoms with E-state index in [1.54, 1.807) is 17.5 Å². The molecule has 1 aromatic carbocycles. The number of benzene rings is 1. The monoisotopic (exact) mass is 246 g/mol. The van der Waals surface area contributed by atoms with E-state index in [0.29, 0.717) is 12.2 Å². The fourth-order valence-corrected chi connectivity index (χ4v) is 2.19. The van der Waals surface area contributed by atoms with E-state index in [2.05, 4.69) is 4.98 Å². The minimum atomic E-state index is -0.0207. The first-order valence-corrected chi connectivity index (χ1v) is 6.26. The van der Waals surface area contributed by atoms with Gasteiger partial charge < -0.3 is 4.90 Å². The van der Waals surface area contributed by atoms with Crippen molar-refractivity contribution >= 4 is 17.2 Å². The number of carbonyl (C=O) groups is 1. The van der Waals surface area contributed by atoms with Gasteiger partial charge in [0, 0.05) is 18.5 Å². The Balaban J connectivity index is 2.09. The van der Waals surface area contributed by atoms with E-state index in [1.807, 2.05) is 37.3 Å². The minimum Gasteiger partial charge on any atom is -0.336 e. The van der Waals surface area contributed by atoms with Crippen LogP contribution in [-0.4, -0.2) is 22.8 Å². The van der Waals surface area contributed by atoms with Gasteiger partial charge in [-0.3, -0.25) is 4.79 Å². The first-order chi connectivity index (χ1) is 8.18. The van der Waals surface area contributed by atoms with Crippen LogP contribution in [0.4, 0.5) is 0 Å². The topological polar surface area (TPSA) is 33.2 Å². The second-order valence-corrected chi connectivity index (χ2v) is 4.96. The largest absolute Gasteiger partial charge is 0.336 e. The average molecular weight is 246 g/mol. The summed E-state index contributed by atoms with van der Waals surface area (Å²) in [6, 6.07) is 9.94. The molecule has 0 spiro atoms. The predicted molar refractivity (Wildman–Crippen MR) is 69.1 cm³/mol. The molecule has 88 valence electrons. The van der Waals surface area contributed by atoms with Crippen molar-refractivity contribution in [2.75, 3.05) is 7.05 Å². The van der Waals surface area contributed by atoms with E-state index >= 15 is 0 Å². The van der Waals surface area contributed by atoms with Crippen LogP contribution < -0.4 is 0 Å². The van der Waals surface area contributed by atoms with Crippen LogP contribution in [0.15, 0.2) is 35.8 Å². The van der Waals surface area contributed by atoms with Gasteiger partial charge >= 0.3 is 0 Å². The molecule has 0 aliphatic rings. The van der Waals surface area contributed by atoms with Crippen molar-refractivity contribution in [2.45, 2.75) is 13.5 Å². The van der Waals surface area contributed by atoms with Gasteiger partial charge in [-0.2, -0.15) is 0 Å². The Hall–Kier alpha value is -1.68. The highest BCUT2D eigenvalue weighted by molar-refractivity contribution is 7.09. The van der Waals surface area contributed by atoms with Crippen LogP contribution in [0.2, 0.25) is 0 Å². The second kappa shape index (κ2) is 5.10. The van der Waals surface area contributed by atoms with Gasteiger partial charge in [-0.1, -0.05) is 30.3 Å². The maximum Gasteiger partial charge on any atom is 0.273 e. The van der Waals surface area contributed by atoms with Crippen molar-refractivity contribution < 1.29 is 4.79 Å². The Morgan fingerprint density at radius 2 is 2.06 bits per heavy atom. The van der Waals surface area contributed by atoms with Gasteiger partial charge in [0.2, 0.25) is 0 Å². The lowest BCUT2D eigenvalue weighted by Crippen LogP contribution is -2.26. The molecule has 17 heavy (non-hydrogen) atoms. The molecular weight excluding hydrogens is 232 g/mol. The molecule has 0 atom stereocenters. The van der Waals surface area contributed by atoms with Crippen molar-refractivity contribution in [1.82, 2.24) is 9.88 Å². The van der Waals surface area contributed by atoms with Gasteiger partial charge in [0.25, 0.3) is 5.91 Å². The summed E-state index contributed by atoms with van der Waals surface area (Å²) in [6.07, 6.45) is 0. The molecule has 4 heteroatoms. The number of hydrogen-bond donors (Lipinski definition) is 0. The van der Waals surface area contributed by atoms with Crippen molar-refractivity contribution in [1.29, 1.82) is 0 Å². The number of rotatable bonds is 3. The van der Waals surface area contributed by atoms with Crippen LogP contribution in [0, 0.1) is 6.92 Å². The van der Waals surface area contributed by atoms with Crippen LogP contribution in [0.3, 0.4) is 0 Å². The molecule has 0 unspecified atom stereocenters. The Kier molecular flexibility index (Phi) is 3.54. The molecule has 3 nitrogen and oxygen atoms in total. The normalized spacial score (nSPS) is 10.2. The molecule has 0 saturated heterocycles. The first kappa shape index (κ1) is 11.8. The molecule has 0 N–H and O–H groups in total. The Labute approximate surface area is 105 Å². The molecule has 0 bridgehead atoms. The van der Waals surface area contributed by atoms with E-state index in [4.69, 9.17) is 0 Å². The number of aromatic nitrogens is 1. The van der Waals surface area contributed by atoms with Crippen LogP contribution >= 0.6 is 11.3 Å². The number of hydrogen-bond acceptors (Lipinski definition) is 3. The highest BCUT2D eigenvalue weighted by Crippen LogP contribution is 2.14. The third kappa shape index (κ3) is 2.71. The highest BCUT2D eigenvalue weighted by Gasteiger charge is 2.16. The molecule has 1 aromatic heterocycles. The summed E-state index contributed by atoms with van der Waals surface area (Å²) in [5.74, 6) is -0.0207. The van der Waals surface area contributed by atoms with Gasteiger partial charge in [-0.15, -0.1) is 11.3 Å². The molecule has 2 rings (SSSR count). The zero-order valence-corrected chi connectivity index (χ0v) is 10.7. The molecule has 0 saturated carbocycles. The summed E-state index contributed by atoms with van der Waals surface area (Å²) in [5, 5.41) is 0. The van der Waals surface area contributed by atoms with Crippen molar-refractivity contribution in [3.05, 3.63) is 52.0 Å². The summed E-state index contributed by atoms with van der Waals surface area (Å²) < 4.78 is 0. The maximum atomic E-state index is 12.1. The fourth-order valence-electron chi connectivity index (χ4n) is 1.62. The zero-order valence-electron chi connectivity index (χ0n) is 9.88. The molecule has 0 radical (unpaired) electrons. The lowest BCUT2D eigenvalue weighted by atomic mass is 10.2. The molecule has 2 aromatic rings. The van der Waals surface area contributed by atoms with E-state index in [9.17, 15) is 4.79 Å². The third-order valence-electron chi connectivity index (χ3n) is 2.56. The highest BCUT2D eigenvalue weighted by atomic mass is 32.1. The van der Waals surface area contributed by atoms with Gasteiger partial charge in [-0.25, -0.2) is 4.98 Å². The van der Waals surface area contributed by atoms with Gasteiger partial charge in [-0.05, 0) is 12.5 Å². The maximum absolute atomic E-state index is 12.1. The van der Waals surface area contributed by atoms with E-state index < -0.39 is 0 Å². The molecule has 0 fully saturated rings. The molecule has 1 heterocycles. The third-order valence-corrected chi connectivity index (χ3v) is 3.31. The number of aryl methyl sites for hydroxylation is 1. The predicted octanol–water partition coefficient (Wildman–Crippen LogP) is 2.72. The van der Waals surface area contributed by atoms with Gasteiger partial charge in [0.05, 0.1) is 5.51 Å². The number of amides is 1. The summed E-state index contributed by atoms with van der Waals surface area (Å²) >= 11 is 1.50. The van der Waals surface area contributed by atoms with E-state index in [-0.39, 0.29) is 5.91 Å². The lowest BCUT2D eigenvalue weighted by Gasteiger charge is -2.16. The molecular formula is C13H14N2OS. The molecule has 1 amide bonds. The molecule has 0 aliphatic carbocycles. The second-order valence-electron chi connectivity index (χ2n) is 3.90. The van der Waals surface area contributed by atoms with E-state index in [1.165, 1.54) is 11.3 Å². The van der Waals surface area contributed by atoms with Gasteiger partial charge in [0.15, 0.2) is 0 Å². The van der Waals surface area contributed by atoms with Crippen LogP contribution in [0.1, 0.15) is 20.9 Å². The lowest BCUT2D eigenvalue weighted by molar-refractivity contribution is 0.0779. The van der Waals surface area contributed by atoms with E-state index in [0.717, 1.165) is 10.4 Å². The average Bonchev–Trinajstić information content (AvgIpc) is 2.76. The Bertz CT molecular complexity index is 507. The fraction of sp³-hybridized carbons (Fsp3) is 0.231.